The standard InChI is InChI=1S/C19H22O/c1-13-8-10-15(11-9-13)16-6-5-7-17-18(16)14(2)12-19(3,4)20-17/h5,7-12,16H,6H2,1-4H3/t16-/m1/s1. The molecule has 0 saturated heterocycles. The molecule has 20 heavy (non-hydrogen) atoms. The average Bonchev–Trinajstić information content (AvgIpc) is 2.37. The summed E-state index contributed by atoms with van der Waals surface area (Å²) in [4.78, 5) is 0. The first-order valence-corrected chi connectivity index (χ1v) is 7.32. The zero-order valence-electron chi connectivity index (χ0n) is 12.7. The molecule has 0 unspecified atom stereocenters. The molecule has 104 valence electrons. The van der Waals surface area contributed by atoms with E-state index in [9.17, 15) is 0 Å². The summed E-state index contributed by atoms with van der Waals surface area (Å²) < 4.78 is 6.14. The first-order valence-electron chi connectivity index (χ1n) is 7.32. The maximum absolute atomic E-state index is 6.14. The molecule has 0 N–H and O–H groups in total. The minimum Gasteiger partial charge on any atom is -0.483 e. The Bertz CT molecular complexity index is 612. The molecule has 0 fully saturated rings. The van der Waals surface area contributed by atoms with Gasteiger partial charge in [-0.05, 0) is 57.4 Å². The first-order chi connectivity index (χ1) is 9.46. The monoisotopic (exact) mass is 266 g/mol. The van der Waals surface area contributed by atoms with Crippen LogP contribution in [0.5, 0.6) is 0 Å². The molecule has 0 bridgehead atoms. The van der Waals surface area contributed by atoms with Crippen LogP contribution in [0.2, 0.25) is 0 Å². The summed E-state index contributed by atoms with van der Waals surface area (Å²) in [5.74, 6) is 1.47. The third-order valence-corrected chi connectivity index (χ3v) is 4.10. The van der Waals surface area contributed by atoms with Crippen LogP contribution in [0.25, 0.3) is 0 Å². The molecule has 1 aromatic carbocycles. The highest BCUT2D eigenvalue weighted by Gasteiger charge is 2.31. The largest absolute Gasteiger partial charge is 0.483 e. The fourth-order valence-corrected chi connectivity index (χ4v) is 3.26. The van der Waals surface area contributed by atoms with Gasteiger partial charge in [0.1, 0.15) is 11.4 Å². The maximum Gasteiger partial charge on any atom is 0.124 e. The van der Waals surface area contributed by atoms with Gasteiger partial charge in [-0.25, -0.2) is 0 Å². The quantitative estimate of drug-likeness (QED) is 0.691. The van der Waals surface area contributed by atoms with Gasteiger partial charge in [0.15, 0.2) is 0 Å². The van der Waals surface area contributed by atoms with Gasteiger partial charge in [-0.3, -0.25) is 0 Å². The Morgan fingerprint density at radius 1 is 1.10 bits per heavy atom. The van der Waals surface area contributed by atoms with Crippen LogP contribution in [-0.4, -0.2) is 5.60 Å². The Hall–Kier alpha value is -1.76. The second-order valence-corrected chi connectivity index (χ2v) is 6.41. The molecular weight excluding hydrogens is 244 g/mol. The van der Waals surface area contributed by atoms with Gasteiger partial charge in [0.2, 0.25) is 0 Å². The third kappa shape index (κ3) is 2.33. The van der Waals surface area contributed by atoms with E-state index in [0.717, 1.165) is 12.2 Å². The molecular formula is C19H22O. The van der Waals surface area contributed by atoms with Gasteiger partial charge in [0, 0.05) is 11.5 Å². The minimum atomic E-state index is -0.206. The zero-order chi connectivity index (χ0) is 14.3. The highest BCUT2D eigenvalue weighted by atomic mass is 16.5. The van der Waals surface area contributed by atoms with Crippen LogP contribution in [0, 0.1) is 6.92 Å². The lowest BCUT2D eigenvalue weighted by atomic mass is 9.79. The van der Waals surface area contributed by atoms with Gasteiger partial charge < -0.3 is 4.74 Å². The molecule has 0 radical (unpaired) electrons. The fourth-order valence-electron chi connectivity index (χ4n) is 3.26. The number of benzene rings is 1. The number of allylic oxidation sites excluding steroid dienone is 4. The Balaban J connectivity index is 2.03. The van der Waals surface area contributed by atoms with Crippen molar-refractivity contribution in [2.24, 2.45) is 0 Å². The lowest BCUT2D eigenvalue weighted by Crippen LogP contribution is -2.28. The predicted octanol–water partition coefficient (Wildman–Crippen LogP) is 5.05. The van der Waals surface area contributed by atoms with Gasteiger partial charge in [-0.15, -0.1) is 0 Å². The summed E-state index contributed by atoms with van der Waals surface area (Å²) in [5.41, 5.74) is 5.19. The second-order valence-electron chi connectivity index (χ2n) is 6.41. The van der Waals surface area contributed by atoms with E-state index in [1.807, 2.05) is 0 Å². The van der Waals surface area contributed by atoms with Crippen molar-refractivity contribution in [2.75, 3.05) is 0 Å². The molecule has 2 aliphatic rings. The molecule has 1 heterocycles. The summed E-state index contributed by atoms with van der Waals surface area (Å²) in [7, 11) is 0. The zero-order valence-corrected chi connectivity index (χ0v) is 12.7. The van der Waals surface area contributed by atoms with Crippen molar-refractivity contribution in [1.29, 1.82) is 0 Å². The van der Waals surface area contributed by atoms with E-state index < -0.39 is 0 Å². The van der Waals surface area contributed by atoms with E-state index in [1.54, 1.807) is 0 Å². The predicted molar refractivity (Wildman–Crippen MR) is 83.6 cm³/mol. The second kappa shape index (κ2) is 4.66. The van der Waals surface area contributed by atoms with Crippen molar-refractivity contribution >= 4 is 0 Å². The smallest absolute Gasteiger partial charge is 0.124 e. The maximum atomic E-state index is 6.14. The molecule has 1 aliphatic carbocycles. The lowest BCUT2D eigenvalue weighted by Gasteiger charge is -2.36. The van der Waals surface area contributed by atoms with E-state index in [2.05, 4.69) is 70.2 Å². The number of hydrogen-bond donors (Lipinski definition) is 0. The molecule has 1 aromatic rings. The van der Waals surface area contributed by atoms with E-state index in [-0.39, 0.29) is 5.60 Å². The Labute approximate surface area is 121 Å². The number of aryl methyl sites for hydroxylation is 1. The molecule has 0 spiro atoms. The molecule has 1 nitrogen and oxygen atoms in total. The minimum absolute atomic E-state index is 0.206. The lowest BCUT2D eigenvalue weighted by molar-refractivity contribution is 0.0777. The van der Waals surface area contributed by atoms with Crippen LogP contribution >= 0.6 is 0 Å². The van der Waals surface area contributed by atoms with Gasteiger partial charge in [-0.2, -0.15) is 0 Å². The highest BCUT2D eigenvalue weighted by Crippen LogP contribution is 2.43. The Kier molecular flexibility index (Phi) is 3.08. The van der Waals surface area contributed by atoms with Crippen molar-refractivity contribution in [3.05, 3.63) is 70.5 Å². The van der Waals surface area contributed by atoms with Gasteiger partial charge >= 0.3 is 0 Å². The number of hydrogen-bond acceptors (Lipinski definition) is 1. The molecule has 1 heteroatoms. The molecule has 0 amide bonds. The fraction of sp³-hybridized carbons (Fsp3) is 0.368. The Morgan fingerprint density at radius 3 is 2.50 bits per heavy atom. The van der Waals surface area contributed by atoms with E-state index in [4.69, 9.17) is 4.74 Å². The van der Waals surface area contributed by atoms with Crippen molar-refractivity contribution in [1.82, 2.24) is 0 Å². The molecule has 0 saturated carbocycles. The van der Waals surface area contributed by atoms with Crippen molar-refractivity contribution in [3.8, 4) is 0 Å². The summed E-state index contributed by atoms with van der Waals surface area (Å²) in [5, 5.41) is 0. The van der Waals surface area contributed by atoms with Crippen molar-refractivity contribution in [3.63, 3.8) is 0 Å². The summed E-state index contributed by atoms with van der Waals surface area (Å²) in [6, 6.07) is 8.88. The van der Waals surface area contributed by atoms with E-state index in [1.165, 1.54) is 22.3 Å². The van der Waals surface area contributed by atoms with Crippen molar-refractivity contribution in [2.45, 2.75) is 45.6 Å². The Morgan fingerprint density at radius 2 is 1.80 bits per heavy atom. The van der Waals surface area contributed by atoms with E-state index >= 15 is 0 Å². The number of rotatable bonds is 1. The average molecular weight is 266 g/mol. The topological polar surface area (TPSA) is 9.23 Å². The molecule has 3 rings (SSSR count). The molecule has 1 atom stereocenters. The number of ether oxygens (including phenoxy) is 1. The van der Waals surface area contributed by atoms with Crippen LogP contribution < -0.4 is 0 Å². The van der Waals surface area contributed by atoms with Crippen LogP contribution in [0.4, 0.5) is 0 Å². The van der Waals surface area contributed by atoms with Gasteiger partial charge in [0.25, 0.3) is 0 Å². The van der Waals surface area contributed by atoms with Gasteiger partial charge in [-0.1, -0.05) is 35.9 Å². The summed E-state index contributed by atoms with van der Waals surface area (Å²) in [6.45, 7) is 8.57. The molecule has 0 aromatic heterocycles. The first kappa shape index (κ1) is 13.2. The normalized spacial score (nSPS) is 24.0. The van der Waals surface area contributed by atoms with Gasteiger partial charge in [0.05, 0.1) is 0 Å². The SMILES string of the molecule is CC1=CC(C)(C)OC2=C1[C@@H](c1ccc(C)cc1)CC=C2. The molecule has 1 aliphatic heterocycles. The van der Waals surface area contributed by atoms with Crippen LogP contribution in [0.15, 0.2) is 59.4 Å². The van der Waals surface area contributed by atoms with Crippen LogP contribution in [0.1, 0.15) is 44.2 Å². The summed E-state index contributed by atoms with van der Waals surface area (Å²) in [6.07, 6.45) is 7.67. The van der Waals surface area contributed by atoms with Crippen LogP contribution in [0.3, 0.4) is 0 Å². The van der Waals surface area contributed by atoms with E-state index in [0.29, 0.717) is 5.92 Å². The van der Waals surface area contributed by atoms with Crippen molar-refractivity contribution < 1.29 is 4.74 Å². The summed E-state index contributed by atoms with van der Waals surface area (Å²) >= 11 is 0. The third-order valence-electron chi connectivity index (χ3n) is 4.10. The highest BCUT2D eigenvalue weighted by molar-refractivity contribution is 5.50. The van der Waals surface area contributed by atoms with Crippen LogP contribution in [-0.2, 0) is 4.74 Å².